The zero-order valence-corrected chi connectivity index (χ0v) is 13.5. The average Bonchev–Trinajstić information content (AvgIpc) is 2.50. The second-order valence-electron chi connectivity index (χ2n) is 6.16. The third-order valence-electron chi connectivity index (χ3n) is 4.78. The van der Waals surface area contributed by atoms with Gasteiger partial charge in [-0.2, -0.15) is 11.8 Å². The van der Waals surface area contributed by atoms with Crippen LogP contribution in [0.5, 0.6) is 0 Å². The number of aliphatic carboxylic acids is 1. The molecule has 0 bridgehead atoms. The van der Waals surface area contributed by atoms with Gasteiger partial charge in [-0.1, -0.05) is 19.3 Å². The second-order valence-corrected chi connectivity index (χ2v) is 7.15. The van der Waals surface area contributed by atoms with E-state index in [0.29, 0.717) is 12.3 Å². The van der Waals surface area contributed by atoms with Gasteiger partial charge in [-0.3, -0.25) is 0 Å². The van der Waals surface area contributed by atoms with Crippen molar-refractivity contribution in [3.05, 3.63) is 0 Å². The maximum atomic E-state index is 12.3. The number of nitrogens with one attached hydrogen (secondary N) is 1. The Kier molecular flexibility index (Phi) is 6.21. The van der Waals surface area contributed by atoms with Gasteiger partial charge < -0.3 is 15.3 Å². The first-order valence-electron chi connectivity index (χ1n) is 7.89. The fourth-order valence-corrected chi connectivity index (χ4v) is 3.99. The number of carboxylic acids is 1. The summed E-state index contributed by atoms with van der Waals surface area (Å²) >= 11 is 1.60. The summed E-state index contributed by atoms with van der Waals surface area (Å²) in [5.74, 6) is 1.19. The number of hydrogen-bond donors (Lipinski definition) is 2. The zero-order chi connectivity index (χ0) is 15.2. The van der Waals surface area contributed by atoms with Crippen LogP contribution >= 0.6 is 11.8 Å². The third kappa shape index (κ3) is 4.53. The van der Waals surface area contributed by atoms with Gasteiger partial charge in [0.25, 0.3) is 0 Å². The summed E-state index contributed by atoms with van der Waals surface area (Å²) < 4.78 is 0. The minimum Gasteiger partial charge on any atom is -0.480 e. The van der Waals surface area contributed by atoms with Crippen molar-refractivity contribution in [2.24, 2.45) is 11.8 Å². The maximum absolute atomic E-state index is 12.3. The summed E-state index contributed by atoms with van der Waals surface area (Å²) in [6.07, 6.45) is 8.58. The number of carbonyl (C=O) groups excluding carboxylic acids is 1. The van der Waals surface area contributed by atoms with Crippen LogP contribution in [-0.4, -0.2) is 53.1 Å². The first kappa shape index (κ1) is 16.5. The van der Waals surface area contributed by atoms with Crippen molar-refractivity contribution >= 4 is 23.8 Å². The Morgan fingerprint density at radius 3 is 2.67 bits per heavy atom. The Bertz CT molecular complexity index is 378. The van der Waals surface area contributed by atoms with Crippen molar-refractivity contribution in [3.63, 3.8) is 0 Å². The summed E-state index contributed by atoms with van der Waals surface area (Å²) in [6.45, 7) is 1.56. The molecule has 2 N–H and O–H groups in total. The first-order chi connectivity index (χ1) is 10.1. The van der Waals surface area contributed by atoms with Gasteiger partial charge in [0.05, 0.1) is 0 Å². The van der Waals surface area contributed by atoms with E-state index in [2.05, 4.69) is 5.32 Å². The molecule has 0 aromatic heterocycles. The van der Waals surface area contributed by atoms with Crippen LogP contribution in [0.3, 0.4) is 0 Å². The molecule has 6 heteroatoms. The third-order valence-corrected chi connectivity index (χ3v) is 5.43. The predicted octanol–water partition coefficient (Wildman–Crippen LogP) is 2.41. The number of fused-ring (bicyclic) bond motifs is 1. The number of hydrogen-bond acceptors (Lipinski definition) is 3. The lowest BCUT2D eigenvalue weighted by molar-refractivity contribution is -0.139. The predicted molar refractivity (Wildman–Crippen MR) is 84.6 cm³/mol. The van der Waals surface area contributed by atoms with Gasteiger partial charge in [-0.25, -0.2) is 9.59 Å². The summed E-state index contributed by atoms with van der Waals surface area (Å²) in [6, 6.07) is -0.971. The van der Waals surface area contributed by atoms with E-state index in [1.807, 2.05) is 11.2 Å². The molecule has 0 aromatic rings. The highest BCUT2D eigenvalue weighted by molar-refractivity contribution is 7.98. The number of thioether (sulfide) groups is 1. The van der Waals surface area contributed by atoms with Gasteiger partial charge in [-0.05, 0) is 43.1 Å². The highest BCUT2D eigenvalue weighted by Crippen LogP contribution is 2.35. The highest BCUT2D eigenvalue weighted by atomic mass is 32.2. The molecule has 2 aliphatic rings. The van der Waals surface area contributed by atoms with Gasteiger partial charge in [0.15, 0.2) is 0 Å². The number of carboxylic acid groups (broad SMARTS) is 1. The van der Waals surface area contributed by atoms with Crippen LogP contribution in [0.4, 0.5) is 4.79 Å². The minimum atomic E-state index is -0.940. The molecule has 2 amide bonds. The van der Waals surface area contributed by atoms with Crippen molar-refractivity contribution in [1.82, 2.24) is 10.2 Å². The molecule has 1 aliphatic heterocycles. The maximum Gasteiger partial charge on any atom is 0.326 e. The molecule has 0 aromatic carbocycles. The van der Waals surface area contributed by atoms with E-state index in [-0.39, 0.29) is 6.03 Å². The second kappa shape index (κ2) is 7.92. The van der Waals surface area contributed by atoms with Gasteiger partial charge >= 0.3 is 12.0 Å². The Labute approximate surface area is 130 Å². The average molecular weight is 314 g/mol. The van der Waals surface area contributed by atoms with Gasteiger partial charge in [-0.15, -0.1) is 0 Å². The van der Waals surface area contributed by atoms with Gasteiger partial charge in [0.1, 0.15) is 6.04 Å². The van der Waals surface area contributed by atoms with E-state index in [1.165, 1.54) is 25.7 Å². The highest BCUT2D eigenvalue weighted by Gasteiger charge is 2.33. The Hall–Kier alpha value is -0.910. The molecule has 2 rings (SSSR count). The molecule has 21 heavy (non-hydrogen) atoms. The molecule has 2 fully saturated rings. The van der Waals surface area contributed by atoms with Crippen molar-refractivity contribution in [2.75, 3.05) is 25.1 Å². The van der Waals surface area contributed by atoms with Crippen LogP contribution in [0, 0.1) is 11.8 Å². The molecule has 1 saturated carbocycles. The zero-order valence-electron chi connectivity index (χ0n) is 12.7. The van der Waals surface area contributed by atoms with Crippen LogP contribution in [0.15, 0.2) is 0 Å². The molecule has 3 atom stereocenters. The lowest BCUT2D eigenvalue weighted by Crippen LogP contribution is -2.52. The van der Waals surface area contributed by atoms with Crippen LogP contribution in [0.25, 0.3) is 0 Å². The number of nitrogens with zero attached hydrogens (tertiary/aromatic N) is 1. The lowest BCUT2D eigenvalue weighted by Gasteiger charge is -2.41. The van der Waals surface area contributed by atoms with Crippen LogP contribution in [0.1, 0.15) is 38.5 Å². The molecule has 120 valence electrons. The molecule has 3 unspecified atom stereocenters. The van der Waals surface area contributed by atoms with Crippen molar-refractivity contribution < 1.29 is 14.7 Å². The molecular formula is C15H26N2O3S. The normalized spacial score (nSPS) is 26.8. The fraction of sp³-hybridized carbons (Fsp3) is 0.867. The Balaban J connectivity index is 1.85. The Morgan fingerprint density at radius 2 is 2.00 bits per heavy atom. The fourth-order valence-electron chi connectivity index (χ4n) is 3.52. The first-order valence-corrected chi connectivity index (χ1v) is 9.28. The number of likely N-dealkylation sites (tertiary alicyclic amines) is 1. The van der Waals surface area contributed by atoms with Gasteiger partial charge in [0, 0.05) is 13.1 Å². The largest absolute Gasteiger partial charge is 0.480 e. The number of carbonyl (C=O) groups is 2. The van der Waals surface area contributed by atoms with E-state index in [1.54, 1.807) is 11.8 Å². The number of rotatable bonds is 5. The smallest absolute Gasteiger partial charge is 0.326 e. The summed E-state index contributed by atoms with van der Waals surface area (Å²) in [5, 5.41) is 11.9. The van der Waals surface area contributed by atoms with Gasteiger partial charge in [0.2, 0.25) is 0 Å². The van der Waals surface area contributed by atoms with E-state index < -0.39 is 12.0 Å². The lowest BCUT2D eigenvalue weighted by atomic mass is 9.75. The standard InChI is InChI=1S/C15H26N2O3S/c1-21-9-7-13(14(18)19)16-15(20)17-8-6-11-4-2-3-5-12(11)10-17/h11-13H,2-10H2,1H3,(H,16,20)(H,18,19). The Morgan fingerprint density at radius 1 is 1.29 bits per heavy atom. The topological polar surface area (TPSA) is 69.6 Å². The summed E-state index contributed by atoms with van der Waals surface area (Å²) in [4.78, 5) is 25.3. The quantitative estimate of drug-likeness (QED) is 0.817. The molecular weight excluding hydrogens is 288 g/mol. The van der Waals surface area contributed by atoms with E-state index >= 15 is 0 Å². The molecule has 1 aliphatic carbocycles. The van der Waals surface area contributed by atoms with Crippen LogP contribution < -0.4 is 5.32 Å². The molecule has 0 radical (unpaired) electrons. The number of amides is 2. The van der Waals surface area contributed by atoms with Crippen LogP contribution in [-0.2, 0) is 4.79 Å². The van der Waals surface area contributed by atoms with E-state index in [4.69, 9.17) is 0 Å². The number of urea groups is 1. The van der Waals surface area contributed by atoms with Crippen LogP contribution in [0.2, 0.25) is 0 Å². The van der Waals surface area contributed by atoms with Crippen molar-refractivity contribution in [1.29, 1.82) is 0 Å². The molecule has 0 spiro atoms. The van der Waals surface area contributed by atoms with Crippen molar-refractivity contribution in [3.8, 4) is 0 Å². The summed E-state index contributed by atoms with van der Waals surface area (Å²) in [7, 11) is 0. The van der Waals surface area contributed by atoms with E-state index in [9.17, 15) is 14.7 Å². The SMILES string of the molecule is CSCCC(NC(=O)N1CCC2CCCCC2C1)C(=O)O. The molecule has 5 nitrogen and oxygen atoms in total. The summed E-state index contributed by atoms with van der Waals surface area (Å²) in [5.41, 5.74) is 0. The number of piperidine rings is 1. The minimum absolute atomic E-state index is 0.201. The molecule has 1 saturated heterocycles. The molecule has 1 heterocycles. The van der Waals surface area contributed by atoms with E-state index in [0.717, 1.165) is 31.2 Å². The monoisotopic (exact) mass is 314 g/mol. The van der Waals surface area contributed by atoms with Crippen molar-refractivity contribution in [2.45, 2.75) is 44.6 Å².